The Hall–Kier alpha value is -0.893. The van der Waals surface area contributed by atoms with E-state index in [-0.39, 0.29) is 15.3 Å². The number of hydrogen-bond acceptors (Lipinski definition) is 3. The maximum atomic E-state index is 13.4. The van der Waals surface area contributed by atoms with Crippen LogP contribution in [0.3, 0.4) is 0 Å². The summed E-state index contributed by atoms with van der Waals surface area (Å²) < 4.78 is 55.2. The van der Waals surface area contributed by atoms with E-state index in [9.17, 15) is 13.2 Å². The van der Waals surface area contributed by atoms with Crippen LogP contribution >= 0.6 is 0 Å². The van der Waals surface area contributed by atoms with E-state index in [0.717, 1.165) is 18.5 Å². The molecule has 1 aromatic rings. The number of halogens is 3. The van der Waals surface area contributed by atoms with E-state index in [2.05, 4.69) is 0 Å². The van der Waals surface area contributed by atoms with Gasteiger partial charge in [-0.05, 0) is 44.4 Å². The van der Waals surface area contributed by atoms with E-state index in [1.807, 2.05) is 13.8 Å². The highest BCUT2D eigenvalue weighted by Crippen LogP contribution is 2.16. The van der Waals surface area contributed by atoms with Gasteiger partial charge in [0.1, 0.15) is 5.82 Å². The minimum Gasteiger partial charge on any atom is -0.372 e. The topological polar surface area (TPSA) is 27.7 Å². The summed E-state index contributed by atoms with van der Waals surface area (Å²) in [5.74, 6) is -2.88. The smallest absolute Gasteiger partial charge is 0.261 e. The third kappa shape index (κ3) is 6.91. The third-order valence-corrected chi connectivity index (χ3v) is 3.77. The molecule has 0 fully saturated rings. The molecular formula is C15H21F3O3Si. The van der Waals surface area contributed by atoms with Gasteiger partial charge in [-0.15, -0.1) is 0 Å². The summed E-state index contributed by atoms with van der Waals surface area (Å²) in [7, 11) is 0.215. The molecule has 0 bridgehead atoms. The molecule has 124 valence electrons. The van der Waals surface area contributed by atoms with Crippen molar-refractivity contribution < 1.29 is 27.1 Å². The standard InChI is InChI=1S/C15H21F3O3Si/c1-3-19-15(20-4-2)21-22-8-6-5-7-11-9-13(17)14(18)10-12(11)16/h9-10,15H,3-8H2,1-2H3. The molecular weight excluding hydrogens is 313 g/mol. The average molecular weight is 334 g/mol. The highest BCUT2D eigenvalue weighted by molar-refractivity contribution is 6.27. The van der Waals surface area contributed by atoms with Crippen LogP contribution in [0.2, 0.25) is 6.04 Å². The zero-order valence-corrected chi connectivity index (χ0v) is 13.8. The van der Waals surface area contributed by atoms with Crippen molar-refractivity contribution in [2.24, 2.45) is 0 Å². The molecule has 0 atom stereocenters. The number of aryl methyl sites for hydroxylation is 1. The summed E-state index contributed by atoms with van der Waals surface area (Å²) in [6.07, 6.45) is 1.84. The molecule has 0 saturated heterocycles. The molecule has 0 unspecified atom stereocenters. The second-order valence-electron chi connectivity index (χ2n) is 4.53. The maximum absolute atomic E-state index is 13.4. The number of rotatable bonds is 11. The van der Waals surface area contributed by atoms with Gasteiger partial charge in [-0.3, -0.25) is 0 Å². The lowest BCUT2D eigenvalue weighted by atomic mass is 10.1. The fourth-order valence-corrected chi connectivity index (χ4v) is 2.57. The van der Waals surface area contributed by atoms with Gasteiger partial charge in [-0.2, -0.15) is 0 Å². The van der Waals surface area contributed by atoms with E-state index >= 15 is 0 Å². The number of hydrogen-bond donors (Lipinski definition) is 0. The van der Waals surface area contributed by atoms with Gasteiger partial charge in [-0.1, -0.05) is 6.42 Å². The fraction of sp³-hybridized carbons (Fsp3) is 0.600. The lowest BCUT2D eigenvalue weighted by molar-refractivity contribution is -0.243. The Morgan fingerprint density at radius 3 is 2.23 bits per heavy atom. The molecule has 0 aliphatic carbocycles. The largest absolute Gasteiger partial charge is 0.372 e. The van der Waals surface area contributed by atoms with E-state index < -0.39 is 23.9 Å². The molecule has 1 rings (SSSR count). The van der Waals surface area contributed by atoms with E-state index in [4.69, 9.17) is 13.9 Å². The molecule has 0 amide bonds. The van der Waals surface area contributed by atoms with Crippen LogP contribution in [0.1, 0.15) is 32.3 Å². The predicted molar refractivity (Wildman–Crippen MR) is 77.9 cm³/mol. The molecule has 0 aliphatic heterocycles. The second-order valence-corrected chi connectivity index (χ2v) is 5.55. The zero-order chi connectivity index (χ0) is 16.4. The first-order valence-corrected chi connectivity index (χ1v) is 8.45. The van der Waals surface area contributed by atoms with Crippen molar-refractivity contribution in [3.05, 3.63) is 35.1 Å². The van der Waals surface area contributed by atoms with Crippen LogP contribution in [0.4, 0.5) is 13.2 Å². The van der Waals surface area contributed by atoms with Gasteiger partial charge in [0.15, 0.2) is 11.6 Å². The van der Waals surface area contributed by atoms with Crippen molar-refractivity contribution in [1.29, 1.82) is 0 Å². The normalized spacial score (nSPS) is 11.4. The van der Waals surface area contributed by atoms with Crippen LogP contribution in [-0.4, -0.2) is 29.5 Å². The van der Waals surface area contributed by atoms with Gasteiger partial charge < -0.3 is 13.9 Å². The fourth-order valence-electron chi connectivity index (χ4n) is 1.78. The van der Waals surface area contributed by atoms with Crippen molar-refractivity contribution in [2.75, 3.05) is 13.2 Å². The quantitative estimate of drug-likeness (QED) is 0.266. The van der Waals surface area contributed by atoms with Gasteiger partial charge in [0, 0.05) is 19.3 Å². The Kier molecular flexibility index (Phi) is 9.38. The van der Waals surface area contributed by atoms with Crippen LogP contribution in [0.5, 0.6) is 0 Å². The van der Waals surface area contributed by atoms with Crippen LogP contribution in [0, 0.1) is 17.5 Å². The van der Waals surface area contributed by atoms with E-state index in [1.54, 1.807) is 0 Å². The van der Waals surface area contributed by atoms with Gasteiger partial charge in [0.05, 0.1) is 0 Å². The molecule has 7 heteroatoms. The summed E-state index contributed by atoms with van der Waals surface area (Å²) in [5, 5.41) is 0. The van der Waals surface area contributed by atoms with Crippen molar-refractivity contribution in [3.8, 4) is 0 Å². The van der Waals surface area contributed by atoms with E-state index in [0.29, 0.717) is 32.1 Å². The van der Waals surface area contributed by atoms with Gasteiger partial charge in [0.2, 0.25) is 9.76 Å². The summed E-state index contributed by atoms with van der Waals surface area (Å²) >= 11 is 0. The molecule has 0 N–H and O–H groups in total. The second kappa shape index (κ2) is 10.8. The Morgan fingerprint density at radius 2 is 1.59 bits per heavy atom. The molecule has 1 aromatic carbocycles. The van der Waals surface area contributed by atoms with Crippen LogP contribution < -0.4 is 0 Å². The number of unbranched alkanes of at least 4 members (excludes halogenated alkanes) is 1. The molecule has 0 heterocycles. The lowest BCUT2D eigenvalue weighted by Crippen LogP contribution is -2.22. The van der Waals surface area contributed by atoms with Gasteiger partial charge >= 0.3 is 0 Å². The summed E-state index contributed by atoms with van der Waals surface area (Å²) in [4.78, 5) is 0. The van der Waals surface area contributed by atoms with Crippen LogP contribution in [0.25, 0.3) is 0 Å². The van der Waals surface area contributed by atoms with Crippen molar-refractivity contribution in [3.63, 3.8) is 0 Å². The monoisotopic (exact) mass is 334 g/mol. The maximum Gasteiger partial charge on any atom is 0.261 e. The lowest BCUT2D eigenvalue weighted by Gasteiger charge is -2.16. The van der Waals surface area contributed by atoms with Crippen molar-refractivity contribution in [1.82, 2.24) is 0 Å². The first-order valence-electron chi connectivity index (χ1n) is 7.33. The SMILES string of the molecule is CCOC(OCC)O[Si]CCCCc1cc(F)c(F)cc1F. The first-order chi connectivity index (χ1) is 10.6. The summed E-state index contributed by atoms with van der Waals surface area (Å²) in [6.45, 7) is 4.08. The minimum absolute atomic E-state index is 0.199. The number of benzene rings is 1. The van der Waals surface area contributed by atoms with Crippen molar-refractivity contribution >= 4 is 9.76 Å². The molecule has 0 spiro atoms. The predicted octanol–water partition coefficient (Wildman–Crippen LogP) is 3.84. The Labute approximate surface area is 131 Å². The van der Waals surface area contributed by atoms with E-state index in [1.165, 1.54) is 0 Å². The summed E-state index contributed by atoms with van der Waals surface area (Å²) in [5.41, 5.74) is 0.199. The molecule has 3 nitrogen and oxygen atoms in total. The minimum atomic E-state index is -1.16. The highest BCUT2D eigenvalue weighted by Gasteiger charge is 2.10. The Morgan fingerprint density at radius 1 is 0.955 bits per heavy atom. The molecule has 2 radical (unpaired) electrons. The highest BCUT2D eigenvalue weighted by atomic mass is 28.2. The Balaban J connectivity index is 2.21. The van der Waals surface area contributed by atoms with Crippen molar-refractivity contribution in [2.45, 2.75) is 45.6 Å². The zero-order valence-electron chi connectivity index (χ0n) is 12.8. The first kappa shape index (κ1) is 19.2. The summed E-state index contributed by atoms with van der Waals surface area (Å²) in [6, 6.07) is 2.29. The molecule has 22 heavy (non-hydrogen) atoms. The van der Waals surface area contributed by atoms with Gasteiger partial charge in [-0.25, -0.2) is 13.2 Å². The molecule has 0 aliphatic rings. The molecule has 0 aromatic heterocycles. The van der Waals surface area contributed by atoms with Crippen LogP contribution in [-0.2, 0) is 20.3 Å². The number of ether oxygens (including phenoxy) is 2. The molecule has 0 saturated carbocycles. The average Bonchev–Trinajstić information content (AvgIpc) is 2.48. The van der Waals surface area contributed by atoms with Gasteiger partial charge in [0.25, 0.3) is 6.48 Å². The third-order valence-electron chi connectivity index (χ3n) is 2.85. The van der Waals surface area contributed by atoms with Crippen LogP contribution in [0.15, 0.2) is 12.1 Å². The Bertz CT molecular complexity index is 440.